The number of furan rings is 2. The van der Waals surface area contributed by atoms with Crippen molar-refractivity contribution >= 4 is 63.5 Å². The molecule has 0 saturated carbocycles. The third-order valence-corrected chi connectivity index (χ3v) is 5.63. The van der Waals surface area contributed by atoms with E-state index < -0.39 is 0 Å². The Hall–Kier alpha value is -1.99. The molecule has 8 heteroatoms. The van der Waals surface area contributed by atoms with Crippen molar-refractivity contribution in [1.29, 1.82) is 0 Å². The number of thioether (sulfide) groups is 1. The van der Waals surface area contributed by atoms with E-state index in [1.54, 1.807) is 54.8 Å². The minimum Gasteiger partial charge on any atom is -0.467 e. The second-order valence-electron chi connectivity index (χ2n) is 5.71. The first-order valence-electron chi connectivity index (χ1n) is 7.83. The third-order valence-electron chi connectivity index (χ3n) is 3.81. The smallest absolute Gasteiger partial charge is 0.266 e. The molecule has 0 spiro atoms. The molecule has 2 aromatic heterocycles. The summed E-state index contributed by atoms with van der Waals surface area (Å²) in [5, 5.41) is 1.04. The molecule has 1 amide bonds. The molecule has 0 aliphatic carbocycles. The minimum atomic E-state index is -0.176. The lowest BCUT2D eigenvalue weighted by molar-refractivity contribution is -0.122. The summed E-state index contributed by atoms with van der Waals surface area (Å²) in [7, 11) is 0. The van der Waals surface area contributed by atoms with Gasteiger partial charge in [0.2, 0.25) is 0 Å². The number of halogens is 2. The minimum absolute atomic E-state index is 0.176. The van der Waals surface area contributed by atoms with E-state index in [-0.39, 0.29) is 5.91 Å². The molecule has 4 rings (SSSR count). The Kier molecular flexibility index (Phi) is 5.14. The first-order valence-corrected chi connectivity index (χ1v) is 9.82. The second-order valence-corrected chi connectivity index (χ2v) is 8.26. The highest BCUT2D eigenvalue weighted by Crippen LogP contribution is 2.35. The van der Waals surface area contributed by atoms with Gasteiger partial charge in [-0.2, -0.15) is 0 Å². The lowest BCUT2D eigenvalue weighted by atomic mass is 10.2. The summed E-state index contributed by atoms with van der Waals surface area (Å²) in [6.45, 7) is 0.305. The zero-order chi connectivity index (χ0) is 19.0. The van der Waals surface area contributed by atoms with Gasteiger partial charge in [-0.15, -0.1) is 0 Å². The SMILES string of the molecule is O=C1/C(=C/c2ccc(-c3cc(Cl)cc(Cl)c3)o2)SC(=S)N1Cc1ccco1. The molecule has 4 nitrogen and oxygen atoms in total. The normalized spacial score (nSPS) is 15.9. The number of hydrogen-bond acceptors (Lipinski definition) is 5. The van der Waals surface area contributed by atoms with E-state index in [0.29, 0.717) is 43.1 Å². The van der Waals surface area contributed by atoms with Crippen LogP contribution in [0.1, 0.15) is 11.5 Å². The first kappa shape index (κ1) is 18.4. The Morgan fingerprint density at radius 3 is 2.63 bits per heavy atom. The van der Waals surface area contributed by atoms with Gasteiger partial charge < -0.3 is 8.83 Å². The van der Waals surface area contributed by atoms with Crippen LogP contribution in [0.25, 0.3) is 17.4 Å². The summed E-state index contributed by atoms with van der Waals surface area (Å²) in [5.74, 6) is 1.65. The molecular formula is C19H11Cl2NO3S2. The van der Waals surface area contributed by atoms with E-state index in [2.05, 4.69) is 0 Å². The van der Waals surface area contributed by atoms with Crippen LogP contribution in [0.2, 0.25) is 10.0 Å². The molecule has 27 heavy (non-hydrogen) atoms. The molecule has 1 aliphatic heterocycles. The van der Waals surface area contributed by atoms with Gasteiger partial charge in [-0.25, -0.2) is 0 Å². The summed E-state index contributed by atoms with van der Waals surface area (Å²) >= 11 is 18.6. The molecular weight excluding hydrogens is 425 g/mol. The summed E-state index contributed by atoms with van der Waals surface area (Å²) in [4.78, 5) is 14.6. The second kappa shape index (κ2) is 7.56. The molecule has 3 aromatic rings. The van der Waals surface area contributed by atoms with Crippen LogP contribution in [0.5, 0.6) is 0 Å². The predicted molar refractivity (Wildman–Crippen MR) is 112 cm³/mol. The third kappa shape index (κ3) is 3.99. The van der Waals surface area contributed by atoms with Crippen LogP contribution < -0.4 is 0 Å². The molecule has 136 valence electrons. The maximum atomic E-state index is 12.6. The Bertz CT molecular complexity index is 1040. The van der Waals surface area contributed by atoms with Crippen LogP contribution in [0.15, 0.2) is 62.5 Å². The van der Waals surface area contributed by atoms with Gasteiger partial charge in [-0.1, -0.05) is 47.2 Å². The van der Waals surface area contributed by atoms with Gasteiger partial charge >= 0.3 is 0 Å². The molecule has 0 bridgehead atoms. The van der Waals surface area contributed by atoms with Crippen molar-refractivity contribution in [1.82, 2.24) is 4.90 Å². The quantitative estimate of drug-likeness (QED) is 0.358. The Balaban J connectivity index is 1.56. The van der Waals surface area contributed by atoms with Crippen molar-refractivity contribution in [2.24, 2.45) is 0 Å². The Morgan fingerprint density at radius 2 is 1.93 bits per heavy atom. The van der Waals surface area contributed by atoms with E-state index >= 15 is 0 Å². The topological polar surface area (TPSA) is 46.6 Å². The van der Waals surface area contributed by atoms with Crippen molar-refractivity contribution in [2.75, 3.05) is 0 Å². The van der Waals surface area contributed by atoms with E-state index in [4.69, 9.17) is 44.3 Å². The number of thiocarbonyl (C=S) groups is 1. The number of rotatable bonds is 4. The van der Waals surface area contributed by atoms with Crippen LogP contribution in [-0.4, -0.2) is 15.1 Å². The van der Waals surface area contributed by atoms with Gasteiger partial charge in [0.15, 0.2) is 0 Å². The van der Waals surface area contributed by atoms with Crippen LogP contribution in [0, 0.1) is 0 Å². The lowest BCUT2D eigenvalue weighted by Gasteiger charge is -2.11. The highest BCUT2D eigenvalue weighted by Gasteiger charge is 2.32. The summed E-state index contributed by atoms with van der Waals surface area (Å²) in [6, 6.07) is 12.3. The van der Waals surface area contributed by atoms with E-state index in [9.17, 15) is 4.79 Å². The standard InChI is InChI=1S/C19H11Cl2NO3S2/c20-12-6-11(7-13(21)8-12)16-4-3-14(25-16)9-17-18(23)22(19(26)27-17)10-15-2-1-5-24-15/h1-9H,10H2/b17-9-. The number of hydrogen-bond donors (Lipinski definition) is 0. The van der Waals surface area contributed by atoms with Crippen molar-refractivity contribution in [3.05, 3.63) is 75.2 Å². The summed E-state index contributed by atoms with van der Waals surface area (Å²) < 4.78 is 11.6. The molecule has 0 atom stereocenters. The number of carbonyl (C=O) groups is 1. The molecule has 1 fully saturated rings. The molecule has 0 unspecified atom stereocenters. The first-order chi connectivity index (χ1) is 13.0. The molecule has 0 N–H and O–H groups in total. The Morgan fingerprint density at radius 1 is 1.15 bits per heavy atom. The van der Waals surface area contributed by atoms with Gasteiger partial charge in [0.1, 0.15) is 21.6 Å². The van der Waals surface area contributed by atoms with Crippen LogP contribution in [-0.2, 0) is 11.3 Å². The van der Waals surface area contributed by atoms with Crippen LogP contribution in [0.4, 0.5) is 0 Å². The number of amides is 1. The number of carbonyl (C=O) groups excluding carboxylic acids is 1. The molecule has 1 saturated heterocycles. The fourth-order valence-electron chi connectivity index (χ4n) is 2.61. The highest BCUT2D eigenvalue weighted by atomic mass is 35.5. The number of benzene rings is 1. The lowest BCUT2D eigenvalue weighted by Crippen LogP contribution is -2.27. The fourth-order valence-corrected chi connectivity index (χ4v) is 4.37. The van der Waals surface area contributed by atoms with E-state index in [0.717, 1.165) is 5.56 Å². The van der Waals surface area contributed by atoms with Crippen molar-refractivity contribution in [2.45, 2.75) is 6.54 Å². The van der Waals surface area contributed by atoms with Crippen LogP contribution in [0.3, 0.4) is 0 Å². The van der Waals surface area contributed by atoms with Crippen molar-refractivity contribution < 1.29 is 13.6 Å². The fraction of sp³-hybridized carbons (Fsp3) is 0.0526. The maximum absolute atomic E-state index is 12.6. The Labute approximate surface area is 174 Å². The van der Waals surface area contributed by atoms with Crippen molar-refractivity contribution in [3.63, 3.8) is 0 Å². The van der Waals surface area contributed by atoms with E-state index in [1.807, 2.05) is 0 Å². The average Bonchev–Trinajstić information content (AvgIpc) is 3.33. The summed E-state index contributed by atoms with van der Waals surface area (Å²) in [6.07, 6.45) is 3.24. The largest absolute Gasteiger partial charge is 0.467 e. The predicted octanol–water partition coefficient (Wildman–Crippen LogP) is 6.25. The molecule has 1 aromatic carbocycles. The maximum Gasteiger partial charge on any atom is 0.266 e. The monoisotopic (exact) mass is 435 g/mol. The van der Waals surface area contributed by atoms with Crippen LogP contribution >= 0.6 is 47.2 Å². The zero-order valence-corrected chi connectivity index (χ0v) is 16.8. The van der Waals surface area contributed by atoms with Gasteiger partial charge in [0.05, 0.1) is 17.7 Å². The van der Waals surface area contributed by atoms with Gasteiger partial charge in [0, 0.05) is 21.7 Å². The number of nitrogens with zero attached hydrogens (tertiary/aromatic N) is 1. The van der Waals surface area contributed by atoms with Crippen molar-refractivity contribution in [3.8, 4) is 11.3 Å². The zero-order valence-electron chi connectivity index (χ0n) is 13.6. The van der Waals surface area contributed by atoms with Gasteiger partial charge in [-0.3, -0.25) is 9.69 Å². The molecule has 3 heterocycles. The molecule has 1 aliphatic rings. The van der Waals surface area contributed by atoms with Gasteiger partial charge in [-0.05, 0) is 42.5 Å². The summed E-state index contributed by atoms with van der Waals surface area (Å²) in [5.41, 5.74) is 0.762. The highest BCUT2D eigenvalue weighted by molar-refractivity contribution is 8.26. The average molecular weight is 436 g/mol. The molecule has 0 radical (unpaired) electrons. The van der Waals surface area contributed by atoms with E-state index in [1.165, 1.54) is 16.7 Å². The van der Waals surface area contributed by atoms with Gasteiger partial charge in [0.25, 0.3) is 5.91 Å².